The third kappa shape index (κ3) is 2.36. The number of hydrogen-bond donors (Lipinski definition) is 2. The quantitative estimate of drug-likeness (QED) is 0.808. The van der Waals surface area contributed by atoms with Crippen LogP contribution in [0.5, 0.6) is 11.5 Å². The summed E-state index contributed by atoms with van der Waals surface area (Å²) in [5, 5.41) is 9.14. The van der Waals surface area contributed by atoms with E-state index >= 15 is 0 Å². The first-order valence-corrected chi connectivity index (χ1v) is 4.46. The molecule has 0 saturated carbocycles. The fraction of sp³-hybridized carbons (Fsp3) is 0.400. The van der Waals surface area contributed by atoms with Gasteiger partial charge in [-0.05, 0) is 25.0 Å². The number of halogens is 2. The van der Waals surface area contributed by atoms with Gasteiger partial charge >= 0.3 is 0 Å². The second-order valence-corrected chi connectivity index (χ2v) is 3.40. The molecule has 0 aliphatic heterocycles. The Labute approximate surface area is 86.5 Å². The minimum absolute atomic E-state index is 0.140. The number of nitrogens with two attached hydrogens (primary N) is 1. The molecule has 5 heteroatoms. The number of phenolic OH excluding ortho intramolecular Hbond substituents is 1. The van der Waals surface area contributed by atoms with Crippen molar-refractivity contribution in [1.29, 1.82) is 0 Å². The van der Waals surface area contributed by atoms with Gasteiger partial charge in [-0.25, -0.2) is 4.39 Å². The molecule has 0 heterocycles. The highest BCUT2D eigenvalue weighted by Gasteiger charge is 2.18. The fourth-order valence-corrected chi connectivity index (χ4v) is 1.29. The monoisotopic (exact) mass is 217 g/mol. The van der Waals surface area contributed by atoms with Gasteiger partial charge in [-0.1, -0.05) is 0 Å². The molecule has 0 aliphatic carbocycles. The normalized spacial score (nSPS) is 12.6. The van der Waals surface area contributed by atoms with Gasteiger partial charge in [-0.2, -0.15) is 4.39 Å². The fourth-order valence-electron chi connectivity index (χ4n) is 1.29. The Bertz CT molecular complexity index is 367. The second-order valence-electron chi connectivity index (χ2n) is 3.40. The summed E-state index contributed by atoms with van der Waals surface area (Å²) in [6.45, 7) is 1.69. The summed E-state index contributed by atoms with van der Waals surface area (Å²) in [6, 6.07) is 0.919. The van der Waals surface area contributed by atoms with Gasteiger partial charge < -0.3 is 15.6 Å². The maximum absolute atomic E-state index is 13.3. The van der Waals surface area contributed by atoms with Crippen molar-refractivity contribution in [3.05, 3.63) is 23.3 Å². The molecular weight excluding hydrogens is 204 g/mol. The lowest BCUT2D eigenvalue weighted by Gasteiger charge is -2.11. The van der Waals surface area contributed by atoms with E-state index in [-0.39, 0.29) is 23.8 Å². The Morgan fingerprint density at radius 1 is 1.47 bits per heavy atom. The van der Waals surface area contributed by atoms with Crippen LogP contribution in [0.2, 0.25) is 0 Å². The highest BCUT2D eigenvalue weighted by atomic mass is 19.1. The van der Waals surface area contributed by atoms with Crippen molar-refractivity contribution in [2.24, 2.45) is 5.73 Å². The van der Waals surface area contributed by atoms with Crippen LogP contribution in [0.1, 0.15) is 12.5 Å². The van der Waals surface area contributed by atoms with E-state index in [1.807, 2.05) is 0 Å². The predicted molar refractivity (Wildman–Crippen MR) is 51.9 cm³/mol. The SMILES string of the molecule is COc1cc(CC(C)N)c(F)c(O)c1F. The van der Waals surface area contributed by atoms with Crippen LogP contribution in [0.25, 0.3) is 0 Å². The largest absolute Gasteiger partial charge is 0.503 e. The summed E-state index contributed by atoms with van der Waals surface area (Å²) >= 11 is 0. The Balaban J connectivity index is 3.22. The molecule has 0 aliphatic rings. The summed E-state index contributed by atoms with van der Waals surface area (Å²) in [4.78, 5) is 0. The lowest BCUT2D eigenvalue weighted by molar-refractivity contribution is 0.347. The molecule has 1 aromatic carbocycles. The number of phenols is 1. The van der Waals surface area contributed by atoms with Crippen LogP contribution in [-0.2, 0) is 6.42 Å². The van der Waals surface area contributed by atoms with Crippen LogP contribution in [-0.4, -0.2) is 18.3 Å². The lowest BCUT2D eigenvalue weighted by Crippen LogP contribution is -2.18. The van der Waals surface area contributed by atoms with Crippen molar-refractivity contribution < 1.29 is 18.6 Å². The molecule has 0 aromatic heterocycles. The molecular formula is C10H13F2NO2. The summed E-state index contributed by atoms with van der Waals surface area (Å²) in [5.41, 5.74) is 5.63. The molecule has 0 radical (unpaired) electrons. The smallest absolute Gasteiger partial charge is 0.209 e. The van der Waals surface area contributed by atoms with Crippen LogP contribution in [0.15, 0.2) is 6.07 Å². The van der Waals surface area contributed by atoms with Crippen LogP contribution >= 0.6 is 0 Å². The Hall–Kier alpha value is -1.36. The van der Waals surface area contributed by atoms with Gasteiger partial charge in [0.2, 0.25) is 5.82 Å². The molecule has 0 fully saturated rings. The number of ether oxygens (including phenoxy) is 1. The van der Waals surface area contributed by atoms with E-state index in [1.165, 1.54) is 13.2 Å². The molecule has 0 spiro atoms. The van der Waals surface area contributed by atoms with E-state index in [0.717, 1.165) is 0 Å². The summed E-state index contributed by atoms with van der Waals surface area (Å²) in [5.74, 6) is -3.29. The first-order chi connectivity index (χ1) is 6.97. The maximum Gasteiger partial charge on any atom is 0.209 e. The minimum Gasteiger partial charge on any atom is -0.503 e. The lowest BCUT2D eigenvalue weighted by atomic mass is 10.1. The third-order valence-electron chi connectivity index (χ3n) is 1.98. The molecule has 84 valence electrons. The standard InChI is InChI=1S/C10H13F2NO2/c1-5(13)3-6-4-7(15-2)9(12)10(14)8(6)11/h4-5,14H,3,13H2,1-2H3. The van der Waals surface area contributed by atoms with Crippen molar-refractivity contribution >= 4 is 0 Å². The molecule has 1 unspecified atom stereocenters. The van der Waals surface area contributed by atoms with Crippen LogP contribution < -0.4 is 10.5 Å². The van der Waals surface area contributed by atoms with Gasteiger partial charge in [0, 0.05) is 6.04 Å². The molecule has 0 bridgehead atoms. The Kier molecular flexibility index (Phi) is 3.47. The highest BCUT2D eigenvalue weighted by Crippen LogP contribution is 2.31. The van der Waals surface area contributed by atoms with Crippen LogP contribution in [0.3, 0.4) is 0 Å². The van der Waals surface area contributed by atoms with Crippen molar-refractivity contribution in [1.82, 2.24) is 0 Å². The van der Waals surface area contributed by atoms with Gasteiger partial charge in [0.05, 0.1) is 7.11 Å². The molecule has 1 rings (SSSR count). The zero-order chi connectivity index (χ0) is 11.6. The first kappa shape index (κ1) is 11.7. The number of hydrogen-bond acceptors (Lipinski definition) is 3. The number of aromatic hydroxyl groups is 1. The number of rotatable bonds is 3. The van der Waals surface area contributed by atoms with E-state index in [9.17, 15) is 8.78 Å². The van der Waals surface area contributed by atoms with E-state index in [4.69, 9.17) is 10.8 Å². The van der Waals surface area contributed by atoms with E-state index in [0.29, 0.717) is 0 Å². The third-order valence-corrected chi connectivity index (χ3v) is 1.98. The maximum atomic E-state index is 13.3. The summed E-state index contributed by atoms with van der Waals surface area (Å²) in [6.07, 6.45) is 0.204. The second kappa shape index (κ2) is 4.44. The predicted octanol–water partition coefficient (Wildman–Crippen LogP) is 1.57. The van der Waals surface area contributed by atoms with Gasteiger partial charge in [-0.15, -0.1) is 0 Å². The minimum atomic E-state index is -1.09. The van der Waals surface area contributed by atoms with Crippen molar-refractivity contribution in [2.75, 3.05) is 7.11 Å². The average molecular weight is 217 g/mol. The molecule has 0 saturated heterocycles. The first-order valence-electron chi connectivity index (χ1n) is 4.46. The van der Waals surface area contributed by atoms with Gasteiger partial charge in [-0.3, -0.25) is 0 Å². The Morgan fingerprint density at radius 2 is 2.07 bits per heavy atom. The van der Waals surface area contributed by atoms with Crippen molar-refractivity contribution in [2.45, 2.75) is 19.4 Å². The van der Waals surface area contributed by atoms with Crippen LogP contribution in [0.4, 0.5) is 8.78 Å². The Morgan fingerprint density at radius 3 is 2.53 bits per heavy atom. The zero-order valence-corrected chi connectivity index (χ0v) is 8.55. The summed E-state index contributed by atoms with van der Waals surface area (Å²) in [7, 11) is 1.24. The number of methoxy groups -OCH3 is 1. The molecule has 0 amide bonds. The molecule has 3 nitrogen and oxygen atoms in total. The van der Waals surface area contributed by atoms with Gasteiger partial charge in [0.25, 0.3) is 0 Å². The van der Waals surface area contributed by atoms with E-state index in [2.05, 4.69) is 4.74 Å². The van der Waals surface area contributed by atoms with Crippen molar-refractivity contribution in [3.8, 4) is 11.5 Å². The molecule has 1 atom stereocenters. The average Bonchev–Trinajstić information content (AvgIpc) is 2.18. The van der Waals surface area contributed by atoms with Gasteiger partial charge in [0.15, 0.2) is 17.3 Å². The van der Waals surface area contributed by atoms with Gasteiger partial charge in [0.1, 0.15) is 0 Å². The molecule has 15 heavy (non-hydrogen) atoms. The highest BCUT2D eigenvalue weighted by molar-refractivity contribution is 5.41. The van der Waals surface area contributed by atoms with E-state index in [1.54, 1.807) is 6.92 Å². The van der Waals surface area contributed by atoms with Crippen LogP contribution in [0, 0.1) is 11.6 Å². The molecule has 1 aromatic rings. The van der Waals surface area contributed by atoms with Crippen molar-refractivity contribution in [3.63, 3.8) is 0 Å². The van der Waals surface area contributed by atoms with E-state index < -0.39 is 17.4 Å². The zero-order valence-electron chi connectivity index (χ0n) is 8.55. The topological polar surface area (TPSA) is 55.5 Å². The molecule has 3 N–H and O–H groups in total. The number of benzene rings is 1. The summed E-state index contributed by atoms with van der Waals surface area (Å²) < 4.78 is 31.1.